The standard InChI is InChI=1S/C13H16BrNO4/c1-8-2-3-11(14)4-9(8)6-15-7-10(13(18)19)5-12(16)17/h2-4,10,15H,5-7H2,1H3,(H,16,17)(H,18,19). The maximum Gasteiger partial charge on any atom is 0.308 e. The first kappa shape index (κ1) is 15.7. The van der Waals surface area contributed by atoms with Crippen LogP contribution in [0.3, 0.4) is 0 Å². The van der Waals surface area contributed by atoms with E-state index < -0.39 is 17.9 Å². The van der Waals surface area contributed by atoms with Crippen LogP contribution >= 0.6 is 15.9 Å². The molecule has 1 aromatic carbocycles. The van der Waals surface area contributed by atoms with E-state index in [1.807, 2.05) is 25.1 Å². The van der Waals surface area contributed by atoms with Gasteiger partial charge in [0.15, 0.2) is 0 Å². The second-order valence-electron chi connectivity index (χ2n) is 4.33. The van der Waals surface area contributed by atoms with Gasteiger partial charge in [-0.3, -0.25) is 9.59 Å². The molecule has 0 aliphatic heterocycles. The maximum absolute atomic E-state index is 10.9. The van der Waals surface area contributed by atoms with Gasteiger partial charge in [0.1, 0.15) is 0 Å². The lowest BCUT2D eigenvalue weighted by Gasteiger charge is -2.12. The van der Waals surface area contributed by atoms with Crippen LogP contribution in [0, 0.1) is 12.8 Å². The molecule has 1 rings (SSSR count). The molecule has 1 aromatic rings. The number of carbonyl (C=O) groups is 2. The molecule has 0 bridgehead atoms. The molecule has 0 saturated heterocycles. The van der Waals surface area contributed by atoms with E-state index in [0.717, 1.165) is 15.6 Å². The summed E-state index contributed by atoms with van der Waals surface area (Å²) in [5.41, 5.74) is 2.15. The van der Waals surface area contributed by atoms with Crippen LogP contribution in [0.4, 0.5) is 0 Å². The van der Waals surface area contributed by atoms with Crippen molar-refractivity contribution >= 4 is 27.9 Å². The second kappa shape index (κ2) is 7.25. The zero-order valence-electron chi connectivity index (χ0n) is 10.5. The molecule has 0 amide bonds. The van der Waals surface area contributed by atoms with Crippen LogP contribution in [0.2, 0.25) is 0 Å². The van der Waals surface area contributed by atoms with Gasteiger partial charge in [-0.25, -0.2) is 0 Å². The van der Waals surface area contributed by atoms with Gasteiger partial charge in [-0.1, -0.05) is 22.0 Å². The molecule has 0 spiro atoms. The van der Waals surface area contributed by atoms with Crippen molar-refractivity contribution in [1.29, 1.82) is 0 Å². The van der Waals surface area contributed by atoms with Gasteiger partial charge in [0.05, 0.1) is 12.3 Å². The molecule has 3 N–H and O–H groups in total. The third kappa shape index (κ3) is 5.40. The Morgan fingerprint density at radius 3 is 2.63 bits per heavy atom. The summed E-state index contributed by atoms with van der Waals surface area (Å²) in [6.07, 6.45) is -0.375. The lowest BCUT2D eigenvalue weighted by molar-refractivity contribution is -0.148. The number of rotatable bonds is 7. The molecule has 0 radical (unpaired) electrons. The van der Waals surface area contributed by atoms with Crippen molar-refractivity contribution in [3.8, 4) is 0 Å². The summed E-state index contributed by atoms with van der Waals surface area (Å²) in [6.45, 7) is 2.61. The fraction of sp³-hybridized carbons (Fsp3) is 0.385. The maximum atomic E-state index is 10.9. The van der Waals surface area contributed by atoms with E-state index in [1.165, 1.54) is 0 Å². The molecule has 0 fully saturated rings. The van der Waals surface area contributed by atoms with Gasteiger partial charge in [-0.05, 0) is 30.2 Å². The highest BCUT2D eigenvalue weighted by atomic mass is 79.9. The molecule has 104 valence electrons. The second-order valence-corrected chi connectivity index (χ2v) is 5.25. The van der Waals surface area contributed by atoms with Gasteiger partial charge in [0.25, 0.3) is 0 Å². The van der Waals surface area contributed by atoms with E-state index in [-0.39, 0.29) is 13.0 Å². The zero-order chi connectivity index (χ0) is 14.4. The highest BCUT2D eigenvalue weighted by Crippen LogP contribution is 2.16. The average Bonchev–Trinajstić information content (AvgIpc) is 2.31. The van der Waals surface area contributed by atoms with Gasteiger partial charge in [0, 0.05) is 17.6 Å². The average molecular weight is 330 g/mol. The van der Waals surface area contributed by atoms with E-state index in [4.69, 9.17) is 10.2 Å². The highest BCUT2D eigenvalue weighted by molar-refractivity contribution is 9.10. The van der Waals surface area contributed by atoms with Crippen molar-refractivity contribution in [2.24, 2.45) is 5.92 Å². The number of nitrogens with one attached hydrogen (secondary N) is 1. The summed E-state index contributed by atoms with van der Waals surface area (Å²) in [6, 6.07) is 5.85. The first-order valence-corrected chi connectivity index (χ1v) is 6.59. The fourth-order valence-electron chi connectivity index (χ4n) is 1.67. The number of benzene rings is 1. The molecule has 0 heterocycles. The quantitative estimate of drug-likeness (QED) is 0.712. The van der Waals surface area contributed by atoms with Gasteiger partial charge in [0.2, 0.25) is 0 Å². The van der Waals surface area contributed by atoms with Crippen molar-refractivity contribution in [2.45, 2.75) is 19.9 Å². The van der Waals surface area contributed by atoms with E-state index >= 15 is 0 Å². The Morgan fingerprint density at radius 1 is 1.37 bits per heavy atom. The van der Waals surface area contributed by atoms with Crippen LogP contribution in [-0.2, 0) is 16.1 Å². The predicted octanol–water partition coefficient (Wildman–Crippen LogP) is 2.02. The Balaban J connectivity index is 2.54. The summed E-state index contributed by atoms with van der Waals surface area (Å²) >= 11 is 3.37. The third-order valence-electron chi connectivity index (χ3n) is 2.79. The fourth-order valence-corrected chi connectivity index (χ4v) is 2.08. The molecular formula is C13H16BrNO4. The monoisotopic (exact) mass is 329 g/mol. The van der Waals surface area contributed by atoms with Crippen LogP contribution in [-0.4, -0.2) is 28.7 Å². The Kier molecular flexibility index (Phi) is 5.98. The first-order valence-electron chi connectivity index (χ1n) is 5.80. The number of halogens is 1. The summed E-state index contributed by atoms with van der Waals surface area (Å²) in [4.78, 5) is 21.4. The number of aliphatic carboxylic acids is 2. The normalized spacial score (nSPS) is 12.1. The van der Waals surface area contributed by atoms with Crippen molar-refractivity contribution in [3.63, 3.8) is 0 Å². The Hall–Kier alpha value is -1.40. The summed E-state index contributed by atoms with van der Waals surface area (Å²) < 4.78 is 0.954. The number of hydrogen-bond donors (Lipinski definition) is 3. The Morgan fingerprint density at radius 2 is 2.05 bits per heavy atom. The molecule has 1 unspecified atom stereocenters. The number of carboxylic acid groups (broad SMARTS) is 2. The smallest absolute Gasteiger partial charge is 0.308 e. The van der Waals surface area contributed by atoms with Crippen LogP contribution in [0.25, 0.3) is 0 Å². The van der Waals surface area contributed by atoms with E-state index in [2.05, 4.69) is 21.2 Å². The van der Waals surface area contributed by atoms with Crippen molar-refractivity contribution in [1.82, 2.24) is 5.32 Å². The minimum Gasteiger partial charge on any atom is -0.481 e. The minimum atomic E-state index is -1.10. The van der Waals surface area contributed by atoms with Crippen LogP contribution in [0.1, 0.15) is 17.5 Å². The molecule has 19 heavy (non-hydrogen) atoms. The largest absolute Gasteiger partial charge is 0.481 e. The summed E-state index contributed by atoms with van der Waals surface area (Å²) in [5.74, 6) is -3.11. The third-order valence-corrected chi connectivity index (χ3v) is 3.28. The van der Waals surface area contributed by atoms with Crippen molar-refractivity contribution in [3.05, 3.63) is 33.8 Å². The highest BCUT2D eigenvalue weighted by Gasteiger charge is 2.20. The number of aryl methyl sites for hydroxylation is 1. The van der Waals surface area contributed by atoms with Gasteiger partial charge in [-0.2, -0.15) is 0 Å². The SMILES string of the molecule is Cc1ccc(Br)cc1CNCC(CC(=O)O)C(=O)O. The minimum absolute atomic E-state index is 0.133. The van der Waals surface area contributed by atoms with E-state index in [1.54, 1.807) is 0 Å². The molecule has 0 aliphatic rings. The van der Waals surface area contributed by atoms with Gasteiger partial charge in [-0.15, -0.1) is 0 Å². The molecular weight excluding hydrogens is 314 g/mol. The lowest BCUT2D eigenvalue weighted by atomic mass is 10.1. The number of carboxylic acids is 2. The van der Waals surface area contributed by atoms with Crippen LogP contribution in [0.15, 0.2) is 22.7 Å². The van der Waals surface area contributed by atoms with Crippen molar-refractivity contribution < 1.29 is 19.8 Å². The van der Waals surface area contributed by atoms with Crippen LogP contribution in [0.5, 0.6) is 0 Å². The van der Waals surface area contributed by atoms with Crippen molar-refractivity contribution in [2.75, 3.05) is 6.54 Å². The summed E-state index contributed by atoms with van der Waals surface area (Å²) in [5, 5.41) is 20.5. The van der Waals surface area contributed by atoms with Gasteiger partial charge >= 0.3 is 11.9 Å². The molecule has 6 heteroatoms. The molecule has 0 aromatic heterocycles. The lowest BCUT2D eigenvalue weighted by Crippen LogP contribution is -2.30. The van der Waals surface area contributed by atoms with E-state index in [0.29, 0.717) is 6.54 Å². The van der Waals surface area contributed by atoms with Crippen LogP contribution < -0.4 is 5.32 Å². The molecule has 0 saturated carbocycles. The number of hydrogen-bond acceptors (Lipinski definition) is 3. The molecule has 0 aliphatic carbocycles. The topological polar surface area (TPSA) is 86.6 Å². The Bertz CT molecular complexity index is 476. The first-order chi connectivity index (χ1) is 8.90. The summed E-state index contributed by atoms with van der Waals surface area (Å²) in [7, 11) is 0. The molecule has 1 atom stereocenters. The Labute approximate surface area is 119 Å². The van der Waals surface area contributed by atoms with Gasteiger partial charge < -0.3 is 15.5 Å². The zero-order valence-corrected chi connectivity index (χ0v) is 12.1. The predicted molar refractivity (Wildman–Crippen MR) is 74.0 cm³/mol. The molecule has 5 nitrogen and oxygen atoms in total. The van der Waals surface area contributed by atoms with E-state index in [9.17, 15) is 9.59 Å².